The second-order valence-corrected chi connectivity index (χ2v) is 3.18. The van der Waals surface area contributed by atoms with E-state index in [2.05, 4.69) is 24.6 Å². The highest BCUT2D eigenvalue weighted by Crippen LogP contribution is 1.90. The Morgan fingerprint density at radius 2 is 1.35 bits per heavy atom. The number of amides is 2. The number of carbonyl (C=O) groups is 4. The number of carboxylic acids is 2. The molecule has 0 aliphatic rings. The molecule has 0 aliphatic heterocycles. The lowest BCUT2D eigenvalue weighted by Gasteiger charge is -2.11. The van der Waals surface area contributed by atoms with Gasteiger partial charge in [-0.15, -0.1) is 0 Å². The van der Waals surface area contributed by atoms with E-state index in [4.69, 9.17) is 5.73 Å². The molecule has 0 aromatic rings. The number of hydrogen-bond donors (Lipinski definition) is 3. The van der Waals surface area contributed by atoms with Crippen LogP contribution in [0.5, 0.6) is 0 Å². The third-order valence-corrected chi connectivity index (χ3v) is 1.42. The van der Waals surface area contributed by atoms with Crippen LogP contribution < -0.4 is 27.4 Å². The first-order valence-electron chi connectivity index (χ1n) is 5.21. The van der Waals surface area contributed by atoms with Crippen LogP contribution in [-0.2, 0) is 19.2 Å². The fraction of sp³-hybridized carbons (Fsp3) is 0.273. The van der Waals surface area contributed by atoms with E-state index in [9.17, 15) is 29.4 Å². The average Bonchev–Trinajstić information content (AvgIpc) is 2.36. The molecule has 9 nitrogen and oxygen atoms in total. The van der Waals surface area contributed by atoms with E-state index in [1.54, 1.807) is 0 Å². The Labute approximate surface area is 115 Å². The second-order valence-electron chi connectivity index (χ2n) is 3.18. The monoisotopic (exact) mass is 289 g/mol. The maximum atomic E-state index is 9.86. The number of rotatable bonds is 6. The van der Waals surface area contributed by atoms with E-state index in [1.165, 1.54) is 12.2 Å². The summed E-state index contributed by atoms with van der Waals surface area (Å²) in [5.41, 5.74) is 10.9. The van der Waals surface area contributed by atoms with Gasteiger partial charge in [0.1, 0.15) is 0 Å². The van der Waals surface area contributed by atoms with Gasteiger partial charge in [0.15, 0.2) is 0 Å². The molecular formula is C11H19N3O6. The molecule has 0 bridgehead atoms. The molecule has 0 fully saturated rings. The minimum Gasteiger partial charge on any atom is -0.550 e. The lowest BCUT2D eigenvalue weighted by atomic mass is 10.2. The van der Waals surface area contributed by atoms with Crippen molar-refractivity contribution in [3.05, 3.63) is 25.3 Å². The van der Waals surface area contributed by atoms with E-state index in [0.717, 1.165) is 0 Å². The van der Waals surface area contributed by atoms with Crippen molar-refractivity contribution >= 4 is 23.8 Å². The standard InChI is InChI=1S/C5H9NO4.2C3H5NO/c6-3(5(9)10)1-2-4(7)8;2*1-2-3(4)5/h3H,1-2,6H2,(H,7,8)(H,9,10);2*2H,1H2,(H2,4,5)/t3-;;/m0../s1. The number of nitrogens with two attached hydrogens (primary N) is 1. The topological polar surface area (TPSA) is 196 Å². The largest absolute Gasteiger partial charge is 0.550 e. The maximum Gasteiger partial charge on any atom is 0.333 e. The summed E-state index contributed by atoms with van der Waals surface area (Å²) in [5.74, 6) is -3.21. The van der Waals surface area contributed by atoms with Gasteiger partial charge >= 0.3 is 11.8 Å². The first kappa shape index (κ1) is 22.8. The van der Waals surface area contributed by atoms with Crippen molar-refractivity contribution in [3.8, 4) is 0 Å². The Hall–Kier alpha value is -2.36. The Bertz CT molecular complexity index is 349. The predicted molar refractivity (Wildman–Crippen MR) is 63.4 cm³/mol. The summed E-state index contributed by atoms with van der Waals surface area (Å²) in [6.07, 6.45) is 1.83. The zero-order valence-corrected chi connectivity index (χ0v) is 11.0. The Balaban J connectivity index is -0.000000244. The average molecular weight is 289 g/mol. The van der Waals surface area contributed by atoms with Gasteiger partial charge in [-0.05, 0) is 12.8 Å². The number of hydrogen-bond acceptors (Lipinski definition) is 7. The second kappa shape index (κ2) is 14.7. The molecule has 20 heavy (non-hydrogen) atoms. The quantitative estimate of drug-likeness (QED) is 0.405. The molecule has 0 radical (unpaired) electrons. The van der Waals surface area contributed by atoms with Crippen molar-refractivity contribution in [1.82, 2.24) is 0 Å². The third-order valence-electron chi connectivity index (χ3n) is 1.42. The highest BCUT2D eigenvalue weighted by molar-refractivity contribution is 5.77. The zero-order chi connectivity index (χ0) is 16.7. The molecule has 0 unspecified atom stereocenters. The summed E-state index contributed by atoms with van der Waals surface area (Å²) in [6, 6.07) is -1.21. The van der Waals surface area contributed by atoms with Gasteiger partial charge in [-0.2, -0.15) is 0 Å². The van der Waals surface area contributed by atoms with Gasteiger partial charge in [0, 0.05) is 24.2 Å². The predicted octanol–water partition coefficient (Wildman–Crippen LogP) is -5.52. The third kappa shape index (κ3) is 29.6. The first-order valence-corrected chi connectivity index (χ1v) is 5.21. The van der Waals surface area contributed by atoms with Gasteiger partial charge in [0.05, 0.1) is 5.97 Å². The lowest BCUT2D eigenvalue weighted by molar-refractivity contribution is -0.309. The number of carbonyl (C=O) groups excluding carboxylic acids is 4. The Morgan fingerprint density at radius 1 is 1.05 bits per heavy atom. The molecule has 0 saturated carbocycles. The minimum absolute atomic E-state index is 0.148. The van der Waals surface area contributed by atoms with Gasteiger partial charge in [-0.1, -0.05) is 13.2 Å². The molecule has 2 amide bonds. The van der Waals surface area contributed by atoms with E-state index in [1.807, 2.05) is 0 Å². The zero-order valence-electron chi connectivity index (χ0n) is 11.0. The van der Waals surface area contributed by atoms with Crippen molar-refractivity contribution in [2.45, 2.75) is 18.9 Å². The van der Waals surface area contributed by atoms with Gasteiger partial charge in [0.25, 0.3) is 0 Å². The summed E-state index contributed by atoms with van der Waals surface area (Å²) in [7, 11) is 0. The highest BCUT2D eigenvalue weighted by Gasteiger charge is 2.01. The van der Waals surface area contributed by atoms with Crippen molar-refractivity contribution in [2.75, 3.05) is 0 Å². The van der Waals surface area contributed by atoms with Crippen LogP contribution in [0, 0.1) is 0 Å². The van der Waals surface area contributed by atoms with E-state index in [0.29, 0.717) is 0 Å². The maximum absolute atomic E-state index is 9.86. The van der Waals surface area contributed by atoms with Crippen molar-refractivity contribution < 1.29 is 40.9 Å². The number of quaternary nitrogens is 2. The van der Waals surface area contributed by atoms with Gasteiger partial charge in [-0.25, -0.2) is 9.59 Å². The van der Waals surface area contributed by atoms with E-state index >= 15 is 0 Å². The summed E-state index contributed by atoms with van der Waals surface area (Å²) >= 11 is 0. The van der Waals surface area contributed by atoms with Crippen LogP contribution in [0.15, 0.2) is 25.3 Å². The molecule has 0 rings (SSSR count). The van der Waals surface area contributed by atoms with Crippen molar-refractivity contribution in [3.63, 3.8) is 0 Å². The van der Waals surface area contributed by atoms with Crippen LogP contribution in [0.2, 0.25) is 0 Å². The Morgan fingerprint density at radius 3 is 1.50 bits per heavy atom. The van der Waals surface area contributed by atoms with Crippen molar-refractivity contribution in [1.29, 1.82) is 0 Å². The SMILES string of the molecule is C=CC([NH3+])=O.C=CC([NH3+])=O.N[C@@H](CCC(=O)[O-])C(=O)[O-]. The molecule has 0 heterocycles. The van der Waals surface area contributed by atoms with Crippen molar-refractivity contribution in [2.24, 2.45) is 5.73 Å². The normalized spacial score (nSPS) is 9.55. The molecule has 9 heteroatoms. The lowest BCUT2D eigenvalue weighted by Crippen LogP contribution is -2.55. The van der Waals surface area contributed by atoms with E-state index in [-0.39, 0.29) is 24.7 Å². The van der Waals surface area contributed by atoms with Gasteiger partial charge < -0.3 is 25.5 Å². The van der Waals surface area contributed by atoms with Gasteiger partial charge in [0.2, 0.25) is 0 Å². The smallest absolute Gasteiger partial charge is 0.333 e. The van der Waals surface area contributed by atoms with Crippen LogP contribution >= 0.6 is 0 Å². The minimum atomic E-state index is -1.44. The molecule has 0 saturated heterocycles. The summed E-state index contributed by atoms with van der Waals surface area (Å²) < 4.78 is 0. The summed E-state index contributed by atoms with van der Waals surface area (Å²) in [5, 5.41) is 19.6. The van der Waals surface area contributed by atoms with Crippen LogP contribution in [-0.4, -0.2) is 29.8 Å². The summed E-state index contributed by atoms with van der Waals surface area (Å²) in [6.45, 7) is 6.30. The van der Waals surface area contributed by atoms with Crippen LogP contribution in [0.4, 0.5) is 0 Å². The van der Waals surface area contributed by atoms with E-state index < -0.39 is 18.0 Å². The molecule has 0 spiro atoms. The van der Waals surface area contributed by atoms with Gasteiger partial charge in [-0.3, -0.25) is 11.5 Å². The van der Waals surface area contributed by atoms with Crippen LogP contribution in [0.3, 0.4) is 0 Å². The molecule has 0 aromatic carbocycles. The molecule has 0 aliphatic carbocycles. The number of aliphatic carboxylic acids is 2. The highest BCUT2D eigenvalue weighted by atomic mass is 16.4. The Kier molecular flexibility index (Phi) is 16.7. The molecule has 114 valence electrons. The van der Waals surface area contributed by atoms with Crippen LogP contribution in [0.25, 0.3) is 0 Å². The number of carboxylic acid groups (broad SMARTS) is 2. The fourth-order valence-electron chi connectivity index (χ4n) is 0.391. The molecule has 1 atom stereocenters. The molecule has 0 aromatic heterocycles. The molecular weight excluding hydrogens is 270 g/mol. The van der Waals surface area contributed by atoms with Crippen LogP contribution in [0.1, 0.15) is 12.8 Å². The first-order chi connectivity index (χ1) is 9.08. The molecule has 8 N–H and O–H groups in total. The summed E-state index contributed by atoms with van der Waals surface area (Å²) in [4.78, 5) is 38.8. The fourth-order valence-corrected chi connectivity index (χ4v) is 0.391.